The van der Waals surface area contributed by atoms with Gasteiger partial charge in [-0.2, -0.15) is 0 Å². The molecular formula is C17H22O4. The fourth-order valence-electron chi connectivity index (χ4n) is 2.14. The molecule has 21 heavy (non-hydrogen) atoms. The SMILES string of the molecule is Cc1c(C(=O)OC(C)(C)C)oc2cccc(OC(C)C)c12. The minimum atomic E-state index is -0.556. The Labute approximate surface area is 125 Å². The monoisotopic (exact) mass is 290 g/mol. The van der Waals surface area contributed by atoms with Crippen LogP contribution in [-0.4, -0.2) is 17.7 Å². The second-order valence-corrected chi connectivity index (χ2v) is 6.35. The summed E-state index contributed by atoms with van der Waals surface area (Å²) in [5.41, 5.74) is 0.821. The first-order chi connectivity index (χ1) is 9.69. The number of benzene rings is 1. The van der Waals surface area contributed by atoms with Crippen molar-refractivity contribution in [3.63, 3.8) is 0 Å². The summed E-state index contributed by atoms with van der Waals surface area (Å²) in [4.78, 5) is 12.2. The third kappa shape index (κ3) is 3.38. The maximum absolute atomic E-state index is 12.2. The standard InChI is InChI=1S/C17H22O4/c1-10(2)19-12-8-7-9-13-14(12)11(3)15(20-13)16(18)21-17(4,5)6/h7-10H,1-6H3. The maximum Gasteiger partial charge on any atom is 0.375 e. The highest BCUT2D eigenvalue weighted by atomic mass is 16.6. The largest absolute Gasteiger partial charge is 0.490 e. The zero-order valence-corrected chi connectivity index (χ0v) is 13.4. The Morgan fingerprint density at radius 3 is 2.48 bits per heavy atom. The number of carbonyl (C=O) groups excluding carboxylic acids is 1. The first-order valence-corrected chi connectivity index (χ1v) is 7.11. The van der Waals surface area contributed by atoms with E-state index in [9.17, 15) is 4.79 Å². The minimum Gasteiger partial charge on any atom is -0.490 e. The van der Waals surface area contributed by atoms with Crippen molar-refractivity contribution in [3.05, 3.63) is 29.5 Å². The van der Waals surface area contributed by atoms with Gasteiger partial charge in [0.05, 0.1) is 11.5 Å². The fourth-order valence-corrected chi connectivity index (χ4v) is 2.14. The average molecular weight is 290 g/mol. The summed E-state index contributed by atoms with van der Waals surface area (Å²) in [6.45, 7) is 11.3. The van der Waals surface area contributed by atoms with E-state index >= 15 is 0 Å². The van der Waals surface area contributed by atoms with Crippen LogP contribution in [0.15, 0.2) is 22.6 Å². The first-order valence-electron chi connectivity index (χ1n) is 7.11. The van der Waals surface area contributed by atoms with Gasteiger partial charge in [0.2, 0.25) is 5.76 Å². The molecule has 4 heteroatoms. The van der Waals surface area contributed by atoms with E-state index in [-0.39, 0.29) is 11.9 Å². The zero-order chi connectivity index (χ0) is 15.8. The Hall–Kier alpha value is -1.97. The number of aryl methyl sites for hydroxylation is 1. The van der Waals surface area contributed by atoms with E-state index in [0.717, 1.165) is 16.7 Å². The Kier molecular flexibility index (Phi) is 3.99. The molecule has 4 nitrogen and oxygen atoms in total. The van der Waals surface area contributed by atoms with Crippen molar-refractivity contribution in [2.24, 2.45) is 0 Å². The molecule has 0 aliphatic rings. The number of rotatable bonds is 3. The van der Waals surface area contributed by atoms with E-state index < -0.39 is 11.6 Å². The van der Waals surface area contributed by atoms with Gasteiger partial charge in [-0.05, 0) is 53.7 Å². The highest BCUT2D eigenvalue weighted by molar-refractivity contribution is 5.98. The van der Waals surface area contributed by atoms with Crippen LogP contribution in [0.5, 0.6) is 5.75 Å². The molecule has 2 aromatic rings. The molecule has 1 heterocycles. The van der Waals surface area contributed by atoms with Crippen molar-refractivity contribution in [1.29, 1.82) is 0 Å². The summed E-state index contributed by atoms with van der Waals surface area (Å²) < 4.78 is 16.8. The lowest BCUT2D eigenvalue weighted by atomic mass is 10.1. The van der Waals surface area contributed by atoms with Gasteiger partial charge in [-0.15, -0.1) is 0 Å². The van der Waals surface area contributed by atoms with Crippen molar-refractivity contribution >= 4 is 16.9 Å². The van der Waals surface area contributed by atoms with E-state index in [1.54, 1.807) is 0 Å². The molecule has 0 aliphatic heterocycles. The molecule has 0 saturated carbocycles. The third-order valence-corrected chi connectivity index (χ3v) is 2.86. The highest BCUT2D eigenvalue weighted by Gasteiger charge is 2.25. The molecule has 0 radical (unpaired) electrons. The van der Waals surface area contributed by atoms with Gasteiger partial charge < -0.3 is 13.9 Å². The molecule has 0 amide bonds. The van der Waals surface area contributed by atoms with E-state index in [1.165, 1.54) is 0 Å². The molecule has 0 fully saturated rings. The quantitative estimate of drug-likeness (QED) is 0.782. The summed E-state index contributed by atoms with van der Waals surface area (Å²) in [6.07, 6.45) is 0.0508. The molecule has 0 N–H and O–H groups in total. The van der Waals surface area contributed by atoms with Crippen LogP contribution in [0.4, 0.5) is 0 Å². The normalized spacial score (nSPS) is 12.0. The molecule has 114 valence electrons. The van der Waals surface area contributed by atoms with Crippen molar-refractivity contribution in [1.82, 2.24) is 0 Å². The fraction of sp³-hybridized carbons (Fsp3) is 0.471. The van der Waals surface area contributed by atoms with Crippen LogP contribution in [0.2, 0.25) is 0 Å². The lowest BCUT2D eigenvalue weighted by Crippen LogP contribution is -2.24. The van der Waals surface area contributed by atoms with Crippen molar-refractivity contribution in [3.8, 4) is 5.75 Å². The van der Waals surface area contributed by atoms with Crippen LogP contribution in [0.3, 0.4) is 0 Å². The molecule has 0 aliphatic carbocycles. The number of carbonyl (C=O) groups is 1. The van der Waals surface area contributed by atoms with Gasteiger partial charge >= 0.3 is 5.97 Å². The molecular weight excluding hydrogens is 268 g/mol. The van der Waals surface area contributed by atoms with E-state index in [1.807, 2.05) is 59.7 Å². The van der Waals surface area contributed by atoms with Gasteiger partial charge in [-0.25, -0.2) is 4.79 Å². The van der Waals surface area contributed by atoms with Crippen LogP contribution < -0.4 is 4.74 Å². The topological polar surface area (TPSA) is 48.7 Å². The van der Waals surface area contributed by atoms with E-state index in [2.05, 4.69) is 0 Å². The predicted octanol–water partition coefficient (Wildman–Crippen LogP) is 4.48. The number of fused-ring (bicyclic) bond motifs is 1. The lowest BCUT2D eigenvalue weighted by molar-refractivity contribution is 0.00372. The average Bonchev–Trinajstić information content (AvgIpc) is 2.65. The van der Waals surface area contributed by atoms with Crippen LogP contribution >= 0.6 is 0 Å². The van der Waals surface area contributed by atoms with Gasteiger partial charge in [0.1, 0.15) is 16.9 Å². The summed E-state index contributed by atoms with van der Waals surface area (Å²) in [7, 11) is 0. The van der Waals surface area contributed by atoms with Crippen LogP contribution in [0, 0.1) is 6.92 Å². The number of hydrogen-bond acceptors (Lipinski definition) is 4. The number of ether oxygens (including phenoxy) is 2. The molecule has 2 rings (SSSR count). The summed E-state index contributed by atoms with van der Waals surface area (Å²) >= 11 is 0. The highest BCUT2D eigenvalue weighted by Crippen LogP contribution is 2.34. The second-order valence-electron chi connectivity index (χ2n) is 6.35. The van der Waals surface area contributed by atoms with Gasteiger partial charge in [0.25, 0.3) is 0 Å². The molecule has 0 bridgehead atoms. The molecule has 0 spiro atoms. The zero-order valence-electron chi connectivity index (χ0n) is 13.4. The molecule has 0 unspecified atom stereocenters. The van der Waals surface area contributed by atoms with Gasteiger partial charge in [-0.1, -0.05) is 6.07 Å². The molecule has 0 saturated heterocycles. The van der Waals surface area contributed by atoms with E-state index in [4.69, 9.17) is 13.9 Å². The van der Waals surface area contributed by atoms with Crippen LogP contribution in [-0.2, 0) is 4.74 Å². The smallest absolute Gasteiger partial charge is 0.375 e. The summed E-state index contributed by atoms with van der Waals surface area (Å²) in [6, 6.07) is 5.55. The number of esters is 1. The summed E-state index contributed by atoms with van der Waals surface area (Å²) in [5.74, 6) is 0.505. The second kappa shape index (κ2) is 5.43. The Bertz CT molecular complexity index is 659. The summed E-state index contributed by atoms with van der Waals surface area (Å²) in [5, 5.41) is 0.826. The van der Waals surface area contributed by atoms with Crippen molar-refractivity contribution in [2.45, 2.75) is 53.2 Å². The molecule has 1 aromatic heterocycles. The predicted molar refractivity (Wildman–Crippen MR) is 81.9 cm³/mol. The maximum atomic E-state index is 12.2. The molecule has 1 aromatic carbocycles. The molecule has 0 atom stereocenters. The lowest BCUT2D eigenvalue weighted by Gasteiger charge is -2.18. The number of furan rings is 1. The van der Waals surface area contributed by atoms with Crippen molar-refractivity contribution in [2.75, 3.05) is 0 Å². The third-order valence-electron chi connectivity index (χ3n) is 2.86. The van der Waals surface area contributed by atoms with Crippen LogP contribution in [0.25, 0.3) is 11.0 Å². The Morgan fingerprint density at radius 1 is 1.24 bits per heavy atom. The van der Waals surface area contributed by atoms with Gasteiger partial charge in [0, 0.05) is 5.56 Å². The van der Waals surface area contributed by atoms with E-state index in [0.29, 0.717) is 5.58 Å². The van der Waals surface area contributed by atoms with Crippen molar-refractivity contribution < 1.29 is 18.7 Å². The number of hydrogen-bond donors (Lipinski definition) is 0. The minimum absolute atomic E-state index is 0.0508. The first kappa shape index (κ1) is 15.4. The van der Waals surface area contributed by atoms with Gasteiger partial charge in [0.15, 0.2) is 0 Å². The Morgan fingerprint density at radius 2 is 1.90 bits per heavy atom. The van der Waals surface area contributed by atoms with Gasteiger partial charge in [-0.3, -0.25) is 0 Å². The Balaban J connectivity index is 2.48. The van der Waals surface area contributed by atoms with Crippen LogP contribution in [0.1, 0.15) is 50.7 Å².